The fourth-order valence-electron chi connectivity index (χ4n) is 2.32. The van der Waals surface area contributed by atoms with Crippen molar-refractivity contribution in [2.45, 2.75) is 39.2 Å². The molecule has 0 aliphatic carbocycles. The summed E-state index contributed by atoms with van der Waals surface area (Å²) in [5.74, 6) is -0.255. The van der Waals surface area contributed by atoms with Crippen molar-refractivity contribution in [3.63, 3.8) is 0 Å². The summed E-state index contributed by atoms with van der Waals surface area (Å²) in [4.78, 5) is 0. The third kappa shape index (κ3) is 2.23. The lowest BCUT2D eigenvalue weighted by molar-refractivity contribution is 0.585. The summed E-state index contributed by atoms with van der Waals surface area (Å²) in [5.41, 5.74) is 2.61. The SMILES string of the molecule is Cc1cc(CC2CCCN2)c(C)c(F)c1Cl. The zero-order valence-corrected chi connectivity index (χ0v) is 10.5. The first-order chi connectivity index (χ1) is 7.59. The van der Waals surface area contributed by atoms with Crippen molar-refractivity contribution < 1.29 is 4.39 Å². The van der Waals surface area contributed by atoms with Crippen LogP contribution in [0.5, 0.6) is 0 Å². The van der Waals surface area contributed by atoms with Gasteiger partial charge in [0, 0.05) is 6.04 Å². The molecule has 3 heteroatoms. The Morgan fingerprint density at radius 1 is 1.50 bits per heavy atom. The van der Waals surface area contributed by atoms with Crippen LogP contribution in [0.4, 0.5) is 4.39 Å². The molecule has 1 saturated heterocycles. The number of rotatable bonds is 2. The van der Waals surface area contributed by atoms with Crippen LogP contribution in [0.1, 0.15) is 29.5 Å². The van der Waals surface area contributed by atoms with E-state index in [1.54, 1.807) is 0 Å². The number of aryl methyl sites for hydroxylation is 1. The van der Waals surface area contributed by atoms with Gasteiger partial charge in [0.1, 0.15) is 5.82 Å². The van der Waals surface area contributed by atoms with E-state index in [9.17, 15) is 4.39 Å². The van der Waals surface area contributed by atoms with Gasteiger partial charge in [0.2, 0.25) is 0 Å². The smallest absolute Gasteiger partial charge is 0.145 e. The third-order valence-corrected chi connectivity index (χ3v) is 3.83. The molecule has 0 bridgehead atoms. The first kappa shape index (κ1) is 11.9. The third-order valence-electron chi connectivity index (χ3n) is 3.37. The van der Waals surface area contributed by atoms with Crippen LogP contribution >= 0.6 is 11.6 Å². The molecule has 1 atom stereocenters. The Kier molecular flexibility index (Phi) is 3.50. The number of nitrogens with one attached hydrogen (secondary N) is 1. The highest BCUT2D eigenvalue weighted by atomic mass is 35.5. The van der Waals surface area contributed by atoms with Gasteiger partial charge in [0.15, 0.2) is 0 Å². The van der Waals surface area contributed by atoms with E-state index in [0.717, 1.165) is 24.1 Å². The molecule has 1 heterocycles. The average Bonchev–Trinajstić information content (AvgIpc) is 2.76. The van der Waals surface area contributed by atoms with Gasteiger partial charge in [0.25, 0.3) is 0 Å². The van der Waals surface area contributed by atoms with Crippen molar-refractivity contribution in [2.24, 2.45) is 0 Å². The van der Waals surface area contributed by atoms with Gasteiger partial charge in [-0.25, -0.2) is 4.39 Å². The Bertz CT molecular complexity index is 397. The lowest BCUT2D eigenvalue weighted by atomic mass is 9.97. The maximum Gasteiger partial charge on any atom is 0.145 e. The average molecular weight is 242 g/mol. The molecule has 1 aromatic rings. The second-order valence-electron chi connectivity index (χ2n) is 4.60. The number of benzene rings is 1. The van der Waals surface area contributed by atoms with Gasteiger partial charge in [-0.3, -0.25) is 0 Å². The van der Waals surface area contributed by atoms with E-state index in [2.05, 4.69) is 5.32 Å². The molecule has 0 aromatic heterocycles. The highest BCUT2D eigenvalue weighted by Gasteiger charge is 2.18. The van der Waals surface area contributed by atoms with Gasteiger partial charge in [0.05, 0.1) is 5.02 Å². The van der Waals surface area contributed by atoms with Gasteiger partial charge >= 0.3 is 0 Å². The molecule has 0 spiro atoms. The van der Waals surface area contributed by atoms with Crippen LogP contribution < -0.4 is 5.32 Å². The molecule has 1 N–H and O–H groups in total. The molecule has 2 rings (SSSR count). The topological polar surface area (TPSA) is 12.0 Å². The van der Waals surface area contributed by atoms with Crippen molar-refractivity contribution in [2.75, 3.05) is 6.54 Å². The molecule has 1 fully saturated rings. The summed E-state index contributed by atoms with van der Waals surface area (Å²) >= 11 is 5.88. The quantitative estimate of drug-likeness (QED) is 0.837. The zero-order chi connectivity index (χ0) is 11.7. The molecule has 16 heavy (non-hydrogen) atoms. The molecular weight excluding hydrogens is 225 g/mol. The molecule has 0 saturated carbocycles. The van der Waals surface area contributed by atoms with Crippen LogP contribution in [0, 0.1) is 19.7 Å². The van der Waals surface area contributed by atoms with Crippen LogP contribution in [0.2, 0.25) is 5.02 Å². The first-order valence-electron chi connectivity index (χ1n) is 5.77. The van der Waals surface area contributed by atoms with Crippen molar-refractivity contribution in [3.05, 3.63) is 33.6 Å². The van der Waals surface area contributed by atoms with Crippen LogP contribution in [0.25, 0.3) is 0 Å². The van der Waals surface area contributed by atoms with Gasteiger partial charge in [-0.2, -0.15) is 0 Å². The predicted octanol–water partition coefficient (Wildman–Crippen LogP) is 3.39. The van der Waals surface area contributed by atoms with Crippen molar-refractivity contribution >= 4 is 11.6 Å². The number of hydrogen-bond donors (Lipinski definition) is 1. The standard InChI is InChI=1S/C13H17ClFN/c1-8-6-10(7-11-4-3-5-16-11)9(2)13(15)12(8)14/h6,11,16H,3-5,7H2,1-2H3. The summed E-state index contributed by atoms with van der Waals surface area (Å²) < 4.78 is 13.8. The molecule has 0 radical (unpaired) electrons. The fourth-order valence-corrected chi connectivity index (χ4v) is 2.52. The van der Waals surface area contributed by atoms with E-state index in [-0.39, 0.29) is 10.8 Å². The summed E-state index contributed by atoms with van der Waals surface area (Å²) in [6.45, 7) is 4.75. The molecule has 88 valence electrons. The number of halogens is 2. The van der Waals surface area contributed by atoms with Crippen LogP contribution in [-0.4, -0.2) is 12.6 Å². The minimum atomic E-state index is -0.255. The van der Waals surface area contributed by atoms with E-state index in [1.165, 1.54) is 12.8 Å². The molecule has 1 aromatic carbocycles. The largest absolute Gasteiger partial charge is 0.314 e. The van der Waals surface area contributed by atoms with Crippen molar-refractivity contribution in [1.82, 2.24) is 5.32 Å². The van der Waals surface area contributed by atoms with Crippen LogP contribution in [0.15, 0.2) is 6.07 Å². The van der Waals surface area contributed by atoms with E-state index in [4.69, 9.17) is 11.6 Å². The van der Waals surface area contributed by atoms with Gasteiger partial charge < -0.3 is 5.32 Å². The fraction of sp³-hybridized carbons (Fsp3) is 0.538. The summed E-state index contributed by atoms with van der Waals surface area (Å²) in [6, 6.07) is 2.51. The Balaban J connectivity index is 2.26. The Morgan fingerprint density at radius 2 is 2.25 bits per heavy atom. The maximum absolute atomic E-state index is 13.8. The van der Waals surface area contributed by atoms with E-state index >= 15 is 0 Å². The molecule has 0 amide bonds. The second-order valence-corrected chi connectivity index (χ2v) is 4.98. The lowest BCUT2D eigenvalue weighted by Gasteiger charge is -2.14. The Labute approximate surface area is 101 Å². The first-order valence-corrected chi connectivity index (χ1v) is 6.15. The monoisotopic (exact) mass is 241 g/mol. The molecule has 1 aliphatic rings. The molecular formula is C13H17ClFN. The minimum absolute atomic E-state index is 0.255. The molecule has 1 aliphatic heterocycles. The summed E-state index contributed by atoms with van der Waals surface area (Å²) in [5, 5.41) is 3.69. The Morgan fingerprint density at radius 3 is 2.88 bits per heavy atom. The molecule has 1 unspecified atom stereocenters. The van der Waals surface area contributed by atoms with Gasteiger partial charge in [-0.1, -0.05) is 17.7 Å². The number of hydrogen-bond acceptors (Lipinski definition) is 1. The minimum Gasteiger partial charge on any atom is -0.314 e. The van der Waals surface area contributed by atoms with Crippen LogP contribution in [0.3, 0.4) is 0 Å². The maximum atomic E-state index is 13.8. The van der Waals surface area contributed by atoms with E-state index in [1.807, 2.05) is 19.9 Å². The van der Waals surface area contributed by atoms with E-state index in [0.29, 0.717) is 11.6 Å². The summed E-state index contributed by atoms with van der Waals surface area (Å²) in [7, 11) is 0. The van der Waals surface area contributed by atoms with Crippen molar-refractivity contribution in [1.29, 1.82) is 0 Å². The van der Waals surface area contributed by atoms with Gasteiger partial charge in [-0.05, 0) is 56.3 Å². The highest BCUT2D eigenvalue weighted by molar-refractivity contribution is 6.31. The normalized spacial score (nSPS) is 20.4. The summed E-state index contributed by atoms with van der Waals surface area (Å²) in [6.07, 6.45) is 3.31. The van der Waals surface area contributed by atoms with Gasteiger partial charge in [-0.15, -0.1) is 0 Å². The Hall–Kier alpha value is -0.600. The van der Waals surface area contributed by atoms with E-state index < -0.39 is 0 Å². The lowest BCUT2D eigenvalue weighted by Crippen LogP contribution is -2.24. The highest BCUT2D eigenvalue weighted by Crippen LogP contribution is 2.27. The van der Waals surface area contributed by atoms with Crippen molar-refractivity contribution in [3.8, 4) is 0 Å². The zero-order valence-electron chi connectivity index (χ0n) is 9.74. The predicted molar refractivity (Wildman–Crippen MR) is 65.6 cm³/mol. The second kappa shape index (κ2) is 4.72. The molecule has 1 nitrogen and oxygen atoms in total. The van der Waals surface area contributed by atoms with Crippen LogP contribution in [-0.2, 0) is 6.42 Å².